The molecule has 0 amide bonds. The quantitative estimate of drug-likeness (QED) is 0.818. The molecule has 0 saturated carbocycles. The lowest BCUT2D eigenvalue weighted by Gasteiger charge is -2.25. The van der Waals surface area contributed by atoms with Crippen molar-refractivity contribution in [3.8, 4) is 0 Å². The van der Waals surface area contributed by atoms with E-state index in [1.165, 1.54) is 51.0 Å². The summed E-state index contributed by atoms with van der Waals surface area (Å²) in [5, 5.41) is 3.50. The second kappa shape index (κ2) is 8.28. The molecule has 106 valence electrons. The van der Waals surface area contributed by atoms with Crippen LogP contribution >= 0.6 is 0 Å². The molecule has 0 aliphatic carbocycles. The van der Waals surface area contributed by atoms with Gasteiger partial charge in [-0.05, 0) is 69.9 Å². The molecular weight excluding hydrogens is 234 g/mol. The highest BCUT2D eigenvalue weighted by molar-refractivity contribution is 5.03. The van der Waals surface area contributed by atoms with E-state index in [4.69, 9.17) is 0 Å². The first-order valence-corrected chi connectivity index (χ1v) is 7.71. The monoisotopic (exact) mass is 261 g/mol. The predicted octanol–water partition coefficient (Wildman–Crippen LogP) is 2.68. The molecule has 0 bridgehead atoms. The lowest BCUT2D eigenvalue weighted by molar-refractivity contribution is 0.254. The summed E-state index contributed by atoms with van der Waals surface area (Å²) < 4.78 is 0. The minimum atomic E-state index is 0.905. The van der Waals surface area contributed by atoms with Crippen LogP contribution in [0.1, 0.15) is 38.3 Å². The predicted molar refractivity (Wildman–Crippen MR) is 80.0 cm³/mol. The van der Waals surface area contributed by atoms with Gasteiger partial charge in [-0.2, -0.15) is 0 Å². The SMILES string of the molecule is CCN(CCCC1CCCNC1)Cc1ccccn1. The summed E-state index contributed by atoms with van der Waals surface area (Å²) in [4.78, 5) is 6.91. The van der Waals surface area contributed by atoms with Gasteiger partial charge in [0, 0.05) is 12.7 Å². The summed E-state index contributed by atoms with van der Waals surface area (Å²) in [6, 6.07) is 6.17. The largest absolute Gasteiger partial charge is 0.316 e. The van der Waals surface area contributed by atoms with Crippen LogP contribution in [0.25, 0.3) is 0 Å². The number of nitrogens with zero attached hydrogens (tertiary/aromatic N) is 2. The molecule has 1 unspecified atom stereocenters. The molecule has 1 fully saturated rings. The maximum atomic E-state index is 4.41. The van der Waals surface area contributed by atoms with Crippen LogP contribution in [0.15, 0.2) is 24.4 Å². The van der Waals surface area contributed by atoms with Crippen molar-refractivity contribution in [2.75, 3.05) is 26.2 Å². The molecule has 1 aliphatic rings. The van der Waals surface area contributed by atoms with Crippen molar-refractivity contribution in [1.82, 2.24) is 15.2 Å². The molecule has 1 saturated heterocycles. The Labute approximate surface area is 117 Å². The van der Waals surface area contributed by atoms with Crippen LogP contribution in [0.4, 0.5) is 0 Å². The van der Waals surface area contributed by atoms with Crippen molar-refractivity contribution in [1.29, 1.82) is 0 Å². The van der Waals surface area contributed by atoms with Crippen molar-refractivity contribution < 1.29 is 0 Å². The number of piperidine rings is 1. The molecule has 3 heteroatoms. The molecule has 1 aromatic rings. The molecular formula is C16H27N3. The van der Waals surface area contributed by atoms with Gasteiger partial charge in [0.25, 0.3) is 0 Å². The van der Waals surface area contributed by atoms with Crippen molar-refractivity contribution in [2.24, 2.45) is 5.92 Å². The highest BCUT2D eigenvalue weighted by atomic mass is 15.1. The summed E-state index contributed by atoms with van der Waals surface area (Å²) in [6.45, 7) is 7.98. The van der Waals surface area contributed by atoms with E-state index in [1.807, 2.05) is 12.3 Å². The fourth-order valence-corrected chi connectivity index (χ4v) is 2.84. The first-order chi connectivity index (χ1) is 9.38. The number of rotatable bonds is 7. The molecule has 19 heavy (non-hydrogen) atoms. The number of pyridine rings is 1. The van der Waals surface area contributed by atoms with Gasteiger partial charge in [-0.3, -0.25) is 9.88 Å². The zero-order chi connectivity index (χ0) is 13.3. The molecule has 1 aromatic heterocycles. The molecule has 0 aromatic carbocycles. The molecule has 1 N–H and O–H groups in total. The third-order valence-electron chi connectivity index (χ3n) is 4.04. The van der Waals surface area contributed by atoms with Crippen molar-refractivity contribution in [3.05, 3.63) is 30.1 Å². The van der Waals surface area contributed by atoms with Gasteiger partial charge in [0.1, 0.15) is 0 Å². The van der Waals surface area contributed by atoms with Crippen LogP contribution in [0, 0.1) is 5.92 Å². The highest BCUT2D eigenvalue weighted by Gasteiger charge is 2.13. The summed E-state index contributed by atoms with van der Waals surface area (Å²) in [7, 11) is 0. The Morgan fingerprint density at radius 2 is 2.37 bits per heavy atom. The van der Waals surface area contributed by atoms with Crippen molar-refractivity contribution >= 4 is 0 Å². The second-order valence-electron chi connectivity index (χ2n) is 5.54. The zero-order valence-electron chi connectivity index (χ0n) is 12.1. The average Bonchev–Trinajstić information content (AvgIpc) is 2.48. The lowest BCUT2D eigenvalue weighted by Crippen LogP contribution is -2.31. The topological polar surface area (TPSA) is 28.2 Å². The summed E-state index contributed by atoms with van der Waals surface area (Å²) >= 11 is 0. The van der Waals surface area contributed by atoms with E-state index in [0.717, 1.165) is 19.0 Å². The van der Waals surface area contributed by atoms with Crippen LogP contribution in [-0.2, 0) is 6.54 Å². The Bertz CT molecular complexity index is 333. The molecule has 2 heterocycles. The number of aromatic nitrogens is 1. The third kappa shape index (κ3) is 5.29. The van der Waals surface area contributed by atoms with Crippen LogP contribution in [0.5, 0.6) is 0 Å². The van der Waals surface area contributed by atoms with E-state index < -0.39 is 0 Å². The smallest absolute Gasteiger partial charge is 0.0543 e. The Balaban J connectivity index is 1.67. The highest BCUT2D eigenvalue weighted by Crippen LogP contribution is 2.16. The first-order valence-electron chi connectivity index (χ1n) is 7.71. The van der Waals surface area contributed by atoms with Gasteiger partial charge in [-0.25, -0.2) is 0 Å². The van der Waals surface area contributed by atoms with E-state index in [9.17, 15) is 0 Å². The minimum absolute atomic E-state index is 0.905. The number of hydrogen-bond donors (Lipinski definition) is 1. The van der Waals surface area contributed by atoms with Crippen LogP contribution in [-0.4, -0.2) is 36.1 Å². The fourth-order valence-electron chi connectivity index (χ4n) is 2.84. The van der Waals surface area contributed by atoms with Gasteiger partial charge in [-0.1, -0.05) is 13.0 Å². The standard InChI is InChI=1S/C16H27N3/c1-2-19(14-16-9-3-4-11-18-16)12-6-8-15-7-5-10-17-13-15/h3-4,9,11,15,17H,2,5-8,10,12-14H2,1H3. The summed E-state index contributed by atoms with van der Waals surface area (Å²) in [6.07, 6.45) is 7.34. The molecule has 0 spiro atoms. The van der Waals surface area contributed by atoms with E-state index in [1.54, 1.807) is 0 Å². The number of nitrogens with one attached hydrogen (secondary N) is 1. The number of hydrogen-bond acceptors (Lipinski definition) is 3. The van der Waals surface area contributed by atoms with E-state index in [0.29, 0.717) is 0 Å². The maximum Gasteiger partial charge on any atom is 0.0543 e. The Morgan fingerprint density at radius 1 is 1.42 bits per heavy atom. The Hall–Kier alpha value is -0.930. The van der Waals surface area contributed by atoms with Gasteiger partial charge in [0.15, 0.2) is 0 Å². The van der Waals surface area contributed by atoms with E-state index >= 15 is 0 Å². The average molecular weight is 261 g/mol. The van der Waals surface area contributed by atoms with Crippen molar-refractivity contribution in [3.63, 3.8) is 0 Å². The van der Waals surface area contributed by atoms with Crippen molar-refractivity contribution in [2.45, 2.75) is 39.2 Å². The van der Waals surface area contributed by atoms with Gasteiger partial charge in [0.2, 0.25) is 0 Å². The molecule has 3 nitrogen and oxygen atoms in total. The van der Waals surface area contributed by atoms with Crippen LogP contribution in [0.3, 0.4) is 0 Å². The fraction of sp³-hybridized carbons (Fsp3) is 0.688. The van der Waals surface area contributed by atoms with Gasteiger partial charge < -0.3 is 5.32 Å². The molecule has 2 rings (SSSR count). The second-order valence-corrected chi connectivity index (χ2v) is 5.54. The molecule has 1 atom stereocenters. The molecule has 1 aliphatic heterocycles. The first kappa shape index (κ1) is 14.5. The lowest BCUT2D eigenvalue weighted by atomic mass is 9.94. The maximum absolute atomic E-state index is 4.41. The third-order valence-corrected chi connectivity index (χ3v) is 4.04. The van der Waals surface area contributed by atoms with Crippen LogP contribution < -0.4 is 5.32 Å². The van der Waals surface area contributed by atoms with Crippen LogP contribution in [0.2, 0.25) is 0 Å². The normalized spacial score (nSPS) is 19.8. The summed E-state index contributed by atoms with van der Waals surface area (Å²) in [5.74, 6) is 0.905. The molecule has 0 radical (unpaired) electrons. The Morgan fingerprint density at radius 3 is 3.05 bits per heavy atom. The van der Waals surface area contributed by atoms with Gasteiger partial charge in [0.05, 0.1) is 5.69 Å². The van der Waals surface area contributed by atoms with Gasteiger partial charge >= 0.3 is 0 Å². The zero-order valence-corrected chi connectivity index (χ0v) is 12.1. The van der Waals surface area contributed by atoms with E-state index in [-0.39, 0.29) is 0 Å². The van der Waals surface area contributed by atoms with Gasteiger partial charge in [-0.15, -0.1) is 0 Å². The summed E-state index contributed by atoms with van der Waals surface area (Å²) in [5.41, 5.74) is 1.18. The Kier molecular flexibility index (Phi) is 6.31. The minimum Gasteiger partial charge on any atom is -0.316 e. The van der Waals surface area contributed by atoms with E-state index in [2.05, 4.69) is 34.3 Å².